The van der Waals surface area contributed by atoms with Gasteiger partial charge >= 0.3 is 11.7 Å². The van der Waals surface area contributed by atoms with E-state index in [1.165, 1.54) is 18.2 Å². The molecule has 1 saturated carbocycles. The molecule has 1 aliphatic carbocycles. The predicted octanol–water partition coefficient (Wildman–Crippen LogP) is 1.83. The summed E-state index contributed by atoms with van der Waals surface area (Å²) in [5, 5.41) is 22.9. The molecule has 0 spiro atoms. The lowest BCUT2D eigenvalue weighted by Crippen LogP contribution is -2.42. The van der Waals surface area contributed by atoms with Crippen LogP contribution in [0, 0.1) is 10.1 Å². The predicted molar refractivity (Wildman–Crippen MR) is 71.2 cm³/mol. The van der Waals surface area contributed by atoms with Gasteiger partial charge in [-0.15, -0.1) is 0 Å². The topological polar surface area (TPSA) is 102 Å². The molecule has 1 aromatic rings. The Morgan fingerprint density at radius 3 is 2.85 bits per heavy atom. The van der Waals surface area contributed by atoms with Gasteiger partial charge in [0, 0.05) is 12.1 Å². The molecule has 2 N–H and O–H groups in total. The number of nitrogens with one attached hydrogen (secondary N) is 1. The van der Waals surface area contributed by atoms with Gasteiger partial charge in [-0.05, 0) is 18.9 Å². The second-order valence-corrected chi connectivity index (χ2v) is 4.90. The number of nitro benzene ring substituents is 1. The van der Waals surface area contributed by atoms with E-state index < -0.39 is 16.9 Å². The number of hydrogen-bond acceptors (Lipinski definition) is 5. The van der Waals surface area contributed by atoms with Crippen LogP contribution in [0.4, 0.5) is 5.69 Å². The molecule has 0 radical (unpaired) electrons. The van der Waals surface area contributed by atoms with Crippen molar-refractivity contribution in [1.29, 1.82) is 0 Å². The Morgan fingerprint density at radius 2 is 2.30 bits per heavy atom. The fourth-order valence-corrected chi connectivity index (χ4v) is 1.90. The van der Waals surface area contributed by atoms with Crippen molar-refractivity contribution in [2.45, 2.75) is 24.9 Å². The number of carbonyl (C=O) groups is 1. The van der Waals surface area contributed by atoms with E-state index in [-0.39, 0.29) is 29.1 Å². The molecular weight excluding hydrogens is 288 g/mol. The minimum absolute atomic E-state index is 0.0785. The monoisotopic (exact) mass is 300 g/mol. The zero-order valence-electron chi connectivity index (χ0n) is 10.4. The summed E-state index contributed by atoms with van der Waals surface area (Å²) in [4.78, 5) is 21.3. The molecule has 108 valence electrons. The Hall–Kier alpha value is -1.86. The molecule has 0 amide bonds. The fourth-order valence-electron chi connectivity index (χ4n) is 1.68. The number of nitrogens with zero attached hydrogens (tertiary/aromatic N) is 1. The molecule has 1 atom stereocenters. The molecule has 0 heterocycles. The van der Waals surface area contributed by atoms with Gasteiger partial charge in [0.2, 0.25) is 5.75 Å². The number of hydrogen-bond donors (Lipinski definition) is 2. The van der Waals surface area contributed by atoms with E-state index in [4.69, 9.17) is 21.4 Å². The Kier molecular flexibility index (Phi) is 4.41. The van der Waals surface area contributed by atoms with Gasteiger partial charge in [-0.1, -0.05) is 17.7 Å². The number of aliphatic carboxylic acids is 1. The highest BCUT2D eigenvalue weighted by Gasteiger charge is 2.29. The Bertz CT molecular complexity index is 533. The first-order valence-electron chi connectivity index (χ1n) is 6.03. The molecule has 8 heteroatoms. The van der Waals surface area contributed by atoms with Crippen molar-refractivity contribution >= 4 is 23.3 Å². The maximum absolute atomic E-state index is 11.1. The summed E-state index contributed by atoms with van der Waals surface area (Å²) in [6.45, 7) is -0.226. The summed E-state index contributed by atoms with van der Waals surface area (Å²) < 4.78 is 5.26. The average Bonchev–Trinajstić information content (AvgIpc) is 3.18. The highest BCUT2D eigenvalue weighted by molar-refractivity contribution is 6.32. The number of nitro groups is 1. The summed E-state index contributed by atoms with van der Waals surface area (Å²) in [5.74, 6) is -1.17. The van der Waals surface area contributed by atoms with Crippen LogP contribution in [-0.4, -0.2) is 34.7 Å². The molecule has 1 unspecified atom stereocenters. The maximum atomic E-state index is 11.1. The first-order chi connectivity index (χ1) is 9.49. The van der Waals surface area contributed by atoms with E-state index in [1.54, 1.807) is 0 Å². The van der Waals surface area contributed by atoms with Crippen LogP contribution in [0.2, 0.25) is 5.02 Å². The van der Waals surface area contributed by atoms with E-state index in [1.807, 2.05) is 0 Å². The van der Waals surface area contributed by atoms with Gasteiger partial charge in [0.15, 0.2) is 0 Å². The van der Waals surface area contributed by atoms with Crippen molar-refractivity contribution in [2.24, 2.45) is 0 Å². The lowest BCUT2D eigenvalue weighted by Gasteiger charge is -2.15. The van der Waals surface area contributed by atoms with Crippen LogP contribution in [0.3, 0.4) is 0 Å². The van der Waals surface area contributed by atoms with Gasteiger partial charge in [0.05, 0.1) is 9.95 Å². The van der Waals surface area contributed by atoms with Crippen LogP contribution < -0.4 is 10.1 Å². The Morgan fingerprint density at radius 1 is 1.60 bits per heavy atom. The van der Waals surface area contributed by atoms with Gasteiger partial charge in [-0.2, -0.15) is 0 Å². The van der Waals surface area contributed by atoms with Crippen LogP contribution >= 0.6 is 11.6 Å². The van der Waals surface area contributed by atoms with Crippen molar-refractivity contribution in [3.05, 3.63) is 33.3 Å². The highest BCUT2D eigenvalue weighted by atomic mass is 35.5. The highest BCUT2D eigenvalue weighted by Crippen LogP contribution is 2.34. The van der Waals surface area contributed by atoms with Crippen LogP contribution in [-0.2, 0) is 4.79 Å². The maximum Gasteiger partial charge on any atom is 0.324 e. The van der Waals surface area contributed by atoms with Gasteiger partial charge in [-0.25, -0.2) is 0 Å². The van der Waals surface area contributed by atoms with E-state index in [0.717, 1.165) is 12.8 Å². The molecule has 20 heavy (non-hydrogen) atoms. The van der Waals surface area contributed by atoms with Crippen molar-refractivity contribution in [2.75, 3.05) is 6.61 Å². The zero-order valence-corrected chi connectivity index (χ0v) is 11.2. The van der Waals surface area contributed by atoms with E-state index >= 15 is 0 Å². The van der Waals surface area contributed by atoms with Crippen molar-refractivity contribution in [3.8, 4) is 5.75 Å². The minimum Gasteiger partial charge on any atom is -0.483 e. The molecule has 0 bridgehead atoms. The lowest BCUT2D eigenvalue weighted by atomic mass is 10.3. The van der Waals surface area contributed by atoms with Crippen LogP contribution in [0.25, 0.3) is 0 Å². The molecule has 0 aliphatic heterocycles. The SMILES string of the molecule is O=C(O)C(COc1c(Cl)cccc1[N+](=O)[O-])NC1CC1. The lowest BCUT2D eigenvalue weighted by molar-refractivity contribution is -0.385. The van der Waals surface area contributed by atoms with Crippen LogP contribution in [0.15, 0.2) is 18.2 Å². The summed E-state index contributed by atoms with van der Waals surface area (Å²) >= 11 is 5.86. The minimum atomic E-state index is -1.06. The molecular formula is C12H13ClN2O5. The number of benzene rings is 1. The molecule has 0 saturated heterocycles. The second-order valence-electron chi connectivity index (χ2n) is 4.49. The first-order valence-corrected chi connectivity index (χ1v) is 6.41. The Labute approximate surface area is 119 Å². The number of carboxylic acid groups (broad SMARTS) is 1. The second kappa shape index (κ2) is 6.06. The Balaban J connectivity index is 2.08. The molecule has 1 aliphatic rings. The van der Waals surface area contributed by atoms with Gasteiger partial charge in [-0.3, -0.25) is 20.2 Å². The molecule has 7 nitrogen and oxygen atoms in total. The van der Waals surface area contributed by atoms with Gasteiger partial charge in [0.1, 0.15) is 12.6 Å². The molecule has 0 aromatic heterocycles. The smallest absolute Gasteiger partial charge is 0.324 e. The first kappa shape index (κ1) is 14.5. The summed E-state index contributed by atoms with van der Waals surface area (Å²) in [7, 11) is 0. The molecule has 1 aromatic carbocycles. The van der Waals surface area contributed by atoms with Crippen molar-refractivity contribution in [3.63, 3.8) is 0 Å². The van der Waals surface area contributed by atoms with E-state index in [0.29, 0.717) is 0 Å². The number of carboxylic acids is 1. The van der Waals surface area contributed by atoms with Crippen molar-refractivity contribution < 1.29 is 19.6 Å². The summed E-state index contributed by atoms with van der Waals surface area (Å²) in [6.07, 6.45) is 1.85. The van der Waals surface area contributed by atoms with Gasteiger partial charge in [0.25, 0.3) is 0 Å². The van der Waals surface area contributed by atoms with Crippen molar-refractivity contribution in [1.82, 2.24) is 5.32 Å². The van der Waals surface area contributed by atoms with Gasteiger partial charge < -0.3 is 9.84 Å². The normalized spacial score (nSPS) is 15.7. The third kappa shape index (κ3) is 3.58. The average molecular weight is 301 g/mol. The number of ether oxygens (including phenoxy) is 1. The zero-order chi connectivity index (χ0) is 14.7. The van der Waals surface area contributed by atoms with Crippen LogP contribution in [0.1, 0.15) is 12.8 Å². The fraction of sp³-hybridized carbons (Fsp3) is 0.417. The van der Waals surface area contributed by atoms with E-state index in [9.17, 15) is 14.9 Å². The van der Waals surface area contributed by atoms with E-state index in [2.05, 4.69) is 5.32 Å². The molecule has 1 fully saturated rings. The van der Waals surface area contributed by atoms with Crippen LogP contribution in [0.5, 0.6) is 5.75 Å². The standard InChI is InChI=1S/C12H13ClN2O5/c13-8-2-1-3-10(15(18)19)11(8)20-6-9(12(16)17)14-7-4-5-7/h1-3,7,9,14H,4-6H2,(H,16,17). The number of halogens is 1. The largest absolute Gasteiger partial charge is 0.483 e. The summed E-state index contributed by atoms with van der Waals surface area (Å²) in [5.41, 5.74) is -0.284. The summed E-state index contributed by atoms with van der Waals surface area (Å²) in [6, 6.07) is 3.41. The molecule has 2 rings (SSSR count). The third-order valence-corrected chi connectivity index (χ3v) is 3.15. The number of para-hydroxylation sites is 1. The third-order valence-electron chi connectivity index (χ3n) is 2.85. The number of rotatable bonds is 7. The quantitative estimate of drug-likeness (QED) is 0.588.